The summed E-state index contributed by atoms with van der Waals surface area (Å²) in [6.45, 7) is 2.13. The lowest BCUT2D eigenvalue weighted by molar-refractivity contribution is -0.129. The second-order valence-corrected chi connectivity index (χ2v) is 5.87. The standard InChI is InChI=1S/C16H20FN3O2/c17-13-5-3-12(4-6-13)10-14-2-1-8-19(14)11-15(21)20-9-7-18-16(20)22/h3-6,14H,1-2,7-11H2,(H,18,22). The number of benzene rings is 1. The van der Waals surface area contributed by atoms with Gasteiger partial charge in [-0.3, -0.25) is 14.6 Å². The minimum absolute atomic E-state index is 0.138. The van der Waals surface area contributed by atoms with Gasteiger partial charge in [0.25, 0.3) is 0 Å². The number of hydrogen-bond donors (Lipinski definition) is 1. The van der Waals surface area contributed by atoms with Crippen molar-refractivity contribution in [1.82, 2.24) is 15.1 Å². The zero-order chi connectivity index (χ0) is 15.5. The van der Waals surface area contributed by atoms with Gasteiger partial charge in [-0.15, -0.1) is 0 Å². The van der Waals surface area contributed by atoms with Crippen LogP contribution in [0.4, 0.5) is 9.18 Å². The topological polar surface area (TPSA) is 52.7 Å². The lowest BCUT2D eigenvalue weighted by atomic mass is 10.0. The fourth-order valence-corrected chi connectivity index (χ4v) is 3.20. The molecule has 3 amide bonds. The van der Waals surface area contributed by atoms with Crippen molar-refractivity contribution in [1.29, 1.82) is 0 Å². The van der Waals surface area contributed by atoms with E-state index in [9.17, 15) is 14.0 Å². The van der Waals surface area contributed by atoms with Gasteiger partial charge in [0.2, 0.25) is 5.91 Å². The lowest BCUT2D eigenvalue weighted by Gasteiger charge is -2.25. The fourth-order valence-electron chi connectivity index (χ4n) is 3.20. The van der Waals surface area contributed by atoms with E-state index in [-0.39, 0.29) is 30.3 Å². The van der Waals surface area contributed by atoms with Gasteiger partial charge in [0.05, 0.1) is 6.54 Å². The molecule has 2 aliphatic rings. The van der Waals surface area contributed by atoms with Crippen LogP contribution in [0.25, 0.3) is 0 Å². The third-order valence-corrected chi connectivity index (χ3v) is 4.38. The second kappa shape index (κ2) is 6.44. The highest BCUT2D eigenvalue weighted by Crippen LogP contribution is 2.21. The number of amides is 3. The van der Waals surface area contributed by atoms with Gasteiger partial charge >= 0.3 is 6.03 Å². The molecule has 2 saturated heterocycles. The molecule has 6 heteroatoms. The highest BCUT2D eigenvalue weighted by atomic mass is 19.1. The summed E-state index contributed by atoms with van der Waals surface area (Å²) in [5.41, 5.74) is 1.07. The molecule has 0 bridgehead atoms. The summed E-state index contributed by atoms with van der Waals surface area (Å²) in [6.07, 6.45) is 2.88. The summed E-state index contributed by atoms with van der Waals surface area (Å²) in [5.74, 6) is -0.372. The molecular formula is C16H20FN3O2. The van der Waals surface area contributed by atoms with E-state index in [2.05, 4.69) is 10.2 Å². The molecule has 1 aromatic carbocycles. The van der Waals surface area contributed by atoms with Crippen LogP contribution in [-0.2, 0) is 11.2 Å². The maximum absolute atomic E-state index is 13.0. The summed E-state index contributed by atoms with van der Waals surface area (Å²) in [4.78, 5) is 27.2. The largest absolute Gasteiger partial charge is 0.336 e. The van der Waals surface area contributed by atoms with Gasteiger partial charge in [-0.1, -0.05) is 12.1 Å². The summed E-state index contributed by atoms with van der Waals surface area (Å²) in [5, 5.41) is 2.64. The number of nitrogens with one attached hydrogen (secondary N) is 1. The van der Waals surface area contributed by atoms with Crippen molar-refractivity contribution in [2.45, 2.75) is 25.3 Å². The van der Waals surface area contributed by atoms with E-state index in [0.717, 1.165) is 31.4 Å². The number of imide groups is 1. The molecule has 118 valence electrons. The third kappa shape index (κ3) is 3.27. The second-order valence-electron chi connectivity index (χ2n) is 5.87. The van der Waals surface area contributed by atoms with Crippen molar-refractivity contribution < 1.29 is 14.0 Å². The first-order valence-electron chi connectivity index (χ1n) is 7.70. The Morgan fingerprint density at radius 1 is 1.27 bits per heavy atom. The number of nitrogens with zero attached hydrogens (tertiary/aromatic N) is 2. The Morgan fingerprint density at radius 3 is 2.73 bits per heavy atom. The van der Waals surface area contributed by atoms with Gasteiger partial charge in [0, 0.05) is 19.1 Å². The van der Waals surface area contributed by atoms with Gasteiger partial charge in [-0.05, 0) is 43.5 Å². The summed E-state index contributed by atoms with van der Waals surface area (Å²) in [6, 6.07) is 6.51. The molecule has 22 heavy (non-hydrogen) atoms. The number of urea groups is 1. The van der Waals surface area contributed by atoms with E-state index in [1.807, 2.05) is 0 Å². The first kappa shape index (κ1) is 15.0. The minimum Gasteiger partial charge on any atom is -0.336 e. The van der Waals surface area contributed by atoms with Crippen LogP contribution in [0, 0.1) is 5.82 Å². The molecule has 5 nitrogen and oxygen atoms in total. The zero-order valence-corrected chi connectivity index (χ0v) is 12.4. The third-order valence-electron chi connectivity index (χ3n) is 4.38. The Labute approximate surface area is 129 Å². The van der Waals surface area contributed by atoms with Crippen LogP contribution in [0.2, 0.25) is 0 Å². The maximum Gasteiger partial charge on any atom is 0.324 e. The molecule has 2 fully saturated rings. The van der Waals surface area contributed by atoms with Crippen LogP contribution < -0.4 is 5.32 Å². The van der Waals surface area contributed by atoms with Crippen molar-refractivity contribution in [3.05, 3.63) is 35.6 Å². The highest BCUT2D eigenvalue weighted by molar-refractivity contribution is 5.96. The monoisotopic (exact) mass is 305 g/mol. The summed E-state index contributed by atoms with van der Waals surface area (Å²) >= 11 is 0. The van der Waals surface area contributed by atoms with E-state index in [0.29, 0.717) is 13.1 Å². The fraction of sp³-hybridized carbons (Fsp3) is 0.500. The summed E-state index contributed by atoms with van der Waals surface area (Å²) < 4.78 is 13.0. The van der Waals surface area contributed by atoms with Crippen LogP contribution in [-0.4, -0.2) is 54.0 Å². The first-order chi connectivity index (χ1) is 10.6. The van der Waals surface area contributed by atoms with Crippen LogP contribution >= 0.6 is 0 Å². The Balaban J connectivity index is 1.59. The number of carbonyl (C=O) groups excluding carboxylic acids is 2. The minimum atomic E-state index is -0.292. The number of hydrogen-bond acceptors (Lipinski definition) is 3. The SMILES string of the molecule is O=C(CN1CCCC1Cc1ccc(F)cc1)N1CCNC1=O. The number of carbonyl (C=O) groups is 2. The van der Waals surface area contributed by atoms with Crippen molar-refractivity contribution in [2.75, 3.05) is 26.2 Å². The van der Waals surface area contributed by atoms with Crippen molar-refractivity contribution in [3.63, 3.8) is 0 Å². The number of rotatable bonds is 4. The molecule has 1 N–H and O–H groups in total. The molecule has 0 radical (unpaired) electrons. The highest BCUT2D eigenvalue weighted by Gasteiger charge is 2.31. The zero-order valence-electron chi connectivity index (χ0n) is 12.4. The lowest BCUT2D eigenvalue weighted by Crippen LogP contribution is -2.44. The van der Waals surface area contributed by atoms with Gasteiger partial charge in [0.15, 0.2) is 0 Å². The first-order valence-corrected chi connectivity index (χ1v) is 7.70. The van der Waals surface area contributed by atoms with E-state index < -0.39 is 0 Å². The van der Waals surface area contributed by atoms with Gasteiger partial charge < -0.3 is 5.32 Å². The molecule has 0 aliphatic carbocycles. The molecule has 1 atom stereocenters. The molecule has 3 rings (SSSR count). The van der Waals surface area contributed by atoms with Crippen LogP contribution in [0.5, 0.6) is 0 Å². The van der Waals surface area contributed by atoms with E-state index >= 15 is 0 Å². The average molecular weight is 305 g/mol. The Kier molecular flexibility index (Phi) is 4.38. The molecule has 0 aromatic heterocycles. The molecular weight excluding hydrogens is 285 g/mol. The van der Waals surface area contributed by atoms with Crippen molar-refractivity contribution >= 4 is 11.9 Å². The Morgan fingerprint density at radius 2 is 2.05 bits per heavy atom. The predicted molar refractivity (Wildman–Crippen MR) is 79.8 cm³/mol. The van der Waals surface area contributed by atoms with Crippen molar-refractivity contribution in [3.8, 4) is 0 Å². The molecule has 0 saturated carbocycles. The maximum atomic E-state index is 13.0. The quantitative estimate of drug-likeness (QED) is 0.914. The molecule has 1 aromatic rings. The van der Waals surface area contributed by atoms with Crippen molar-refractivity contribution in [2.24, 2.45) is 0 Å². The molecule has 0 spiro atoms. The van der Waals surface area contributed by atoms with Gasteiger partial charge in [0.1, 0.15) is 5.82 Å². The molecule has 2 heterocycles. The van der Waals surface area contributed by atoms with E-state index in [1.54, 1.807) is 12.1 Å². The van der Waals surface area contributed by atoms with E-state index in [4.69, 9.17) is 0 Å². The van der Waals surface area contributed by atoms with Crippen LogP contribution in [0.1, 0.15) is 18.4 Å². The van der Waals surface area contributed by atoms with Gasteiger partial charge in [-0.2, -0.15) is 0 Å². The van der Waals surface area contributed by atoms with Gasteiger partial charge in [-0.25, -0.2) is 9.18 Å². The van der Waals surface area contributed by atoms with E-state index in [1.165, 1.54) is 17.0 Å². The smallest absolute Gasteiger partial charge is 0.324 e. The number of likely N-dealkylation sites (tertiary alicyclic amines) is 1. The number of halogens is 1. The summed E-state index contributed by atoms with van der Waals surface area (Å²) in [7, 11) is 0. The molecule has 2 aliphatic heterocycles. The molecule has 1 unspecified atom stereocenters. The Bertz CT molecular complexity index is 561. The Hall–Kier alpha value is -1.95. The average Bonchev–Trinajstić information content (AvgIpc) is 3.11. The van der Waals surface area contributed by atoms with Crippen LogP contribution in [0.3, 0.4) is 0 Å². The van der Waals surface area contributed by atoms with Crippen LogP contribution in [0.15, 0.2) is 24.3 Å². The predicted octanol–water partition coefficient (Wildman–Crippen LogP) is 1.38. The normalized spacial score (nSPS) is 22.1.